The molecule has 0 bridgehead atoms. The van der Waals surface area contributed by atoms with Crippen LogP contribution in [0.1, 0.15) is 71.1 Å². The zero-order valence-electron chi connectivity index (χ0n) is 17.0. The maximum Gasteiger partial charge on any atom is 0.305 e. The Kier molecular flexibility index (Phi) is 19.4. The molecule has 0 aromatic rings. The second kappa shape index (κ2) is 20.7. The topological polar surface area (TPSA) is 72.5 Å². The lowest BCUT2D eigenvalue weighted by atomic mass is 10.2. The first-order chi connectivity index (χ1) is 13.2. The second-order valence-corrected chi connectivity index (χ2v) is 6.61. The molecule has 0 aliphatic carbocycles. The Hall–Kier alpha value is -1.65. The van der Waals surface area contributed by atoms with Crippen molar-refractivity contribution in [1.82, 2.24) is 0 Å². The molecule has 0 heterocycles. The lowest BCUT2D eigenvalue weighted by molar-refractivity contribution is -0.144. The molecule has 0 saturated carbocycles. The van der Waals surface area contributed by atoms with Gasteiger partial charge in [0.05, 0.1) is 12.6 Å². The van der Waals surface area contributed by atoms with Crippen molar-refractivity contribution in [3.05, 3.63) is 48.6 Å². The summed E-state index contributed by atoms with van der Waals surface area (Å²) in [6, 6.07) is -0.484. The highest BCUT2D eigenvalue weighted by atomic mass is 16.5. The fourth-order valence-electron chi connectivity index (χ4n) is 2.25. The normalized spacial score (nSPS) is 13.4. The monoisotopic (exact) mass is 377 g/mol. The van der Waals surface area contributed by atoms with Gasteiger partial charge < -0.3 is 15.6 Å². The Morgan fingerprint density at radius 2 is 1.41 bits per heavy atom. The van der Waals surface area contributed by atoms with Crippen LogP contribution in [0.15, 0.2) is 48.6 Å². The average molecular weight is 378 g/mol. The van der Waals surface area contributed by atoms with Crippen molar-refractivity contribution in [2.24, 2.45) is 5.73 Å². The van der Waals surface area contributed by atoms with E-state index in [9.17, 15) is 4.79 Å². The molecule has 154 valence electrons. The minimum atomic E-state index is -0.484. The van der Waals surface area contributed by atoms with E-state index in [0.29, 0.717) is 6.42 Å². The number of nitrogens with two attached hydrogens (primary N) is 1. The number of unbranched alkanes of at least 4 members (excludes halogenated alkanes) is 4. The molecule has 0 amide bonds. The molecule has 0 aliphatic heterocycles. The average Bonchev–Trinajstić information content (AvgIpc) is 2.68. The number of allylic oxidation sites excluding steroid dienone is 8. The van der Waals surface area contributed by atoms with Crippen LogP contribution in [0, 0.1) is 0 Å². The van der Waals surface area contributed by atoms with E-state index < -0.39 is 6.04 Å². The fourth-order valence-corrected chi connectivity index (χ4v) is 2.25. The molecule has 0 spiro atoms. The third-order valence-electron chi connectivity index (χ3n) is 3.90. The summed E-state index contributed by atoms with van der Waals surface area (Å²) in [5.41, 5.74) is 5.46. The van der Waals surface area contributed by atoms with E-state index in [1.165, 1.54) is 25.7 Å². The number of carbonyl (C=O) groups is 1. The highest BCUT2D eigenvalue weighted by Gasteiger charge is 2.05. The van der Waals surface area contributed by atoms with Crippen molar-refractivity contribution in [1.29, 1.82) is 0 Å². The van der Waals surface area contributed by atoms with Crippen LogP contribution in [0.5, 0.6) is 0 Å². The number of rotatable bonds is 17. The van der Waals surface area contributed by atoms with Crippen LogP contribution in [0.3, 0.4) is 0 Å². The molecule has 0 fully saturated rings. The first-order valence-electron chi connectivity index (χ1n) is 10.3. The van der Waals surface area contributed by atoms with Crippen LogP contribution in [0.4, 0.5) is 0 Å². The van der Waals surface area contributed by atoms with Crippen molar-refractivity contribution in [3.8, 4) is 0 Å². The molecule has 1 atom stereocenters. The summed E-state index contributed by atoms with van der Waals surface area (Å²) >= 11 is 0. The van der Waals surface area contributed by atoms with E-state index >= 15 is 0 Å². The molecule has 0 aromatic carbocycles. The number of carbonyl (C=O) groups excluding carboxylic acids is 1. The van der Waals surface area contributed by atoms with E-state index in [0.717, 1.165) is 32.1 Å². The Balaban J connectivity index is 3.49. The first-order valence-corrected chi connectivity index (χ1v) is 10.3. The van der Waals surface area contributed by atoms with Crippen molar-refractivity contribution in [2.75, 3.05) is 13.2 Å². The van der Waals surface area contributed by atoms with Crippen molar-refractivity contribution < 1.29 is 14.6 Å². The van der Waals surface area contributed by atoms with Gasteiger partial charge >= 0.3 is 5.97 Å². The van der Waals surface area contributed by atoms with Crippen LogP contribution in [-0.4, -0.2) is 30.3 Å². The highest BCUT2D eigenvalue weighted by molar-refractivity contribution is 5.69. The van der Waals surface area contributed by atoms with Gasteiger partial charge in [-0.3, -0.25) is 4.79 Å². The summed E-state index contributed by atoms with van der Waals surface area (Å²) in [7, 11) is 0. The predicted molar refractivity (Wildman–Crippen MR) is 114 cm³/mol. The molecule has 0 aromatic heterocycles. The molecule has 4 heteroatoms. The maximum atomic E-state index is 11.4. The summed E-state index contributed by atoms with van der Waals surface area (Å²) in [4.78, 5) is 11.4. The number of aliphatic hydroxyl groups is 1. The Morgan fingerprint density at radius 3 is 1.93 bits per heavy atom. The zero-order chi connectivity index (χ0) is 20.0. The Labute approximate surface area is 165 Å². The quantitative estimate of drug-likeness (QED) is 0.213. The standard InChI is InChI=1S/C23H39NO3/c1-2-3-4-5-6-7-8-9-10-11-12-13-14-15-16-17-18-19-23(26)27-21-22(24)20-25/h6-7,9-10,12-13,15-16,22,25H,2-5,8,11,14,17-21,24H2,1H3/b7-6+,10-9+,13-12-,16-15-/t22-/m1/s1. The predicted octanol–water partition coefficient (Wildman–Crippen LogP) is 4.99. The third-order valence-corrected chi connectivity index (χ3v) is 3.90. The number of esters is 1. The smallest absolute Gasteiger partial charge is 0.305 e. The van der Waals surface area contributed by atoms with Gasteiger partial charge in [-0.2, -0.15) is 0 Å². The van der Waals surface area contributed by atoms with E-state index in [-0.39, 0.29) is 19.2 Å². The fraction of sp³-hybridized carbons (Fsp3) is 0.609. The highest BCUT2D eigenvalue weighted by Crippen LogP contribution is 2.02. The van der Waals surface area contributed by atoms with Gasteiger partial charge in [0, 0.05) is 6.42 Å². The number of hydrogen-bond donors (Lipinski definition) is 2. The lowest BCUT2D eigenvalue weighted by Crippen LogP contribution is -2.31. The van der Waals surface area contributed by atoms with Crippen LogP contribution < -0.4 is 5.73 Å². The Morgan fingerprint density at radius 1 is 0.889 bits per heavy atom. The summed E-state index contributed by atoms with van der Waals surface area (Å²) in [6.45, 7) is 2.14. The van der Waals surface area contributed by atoms with Gasteiger partial charge in [0.15, 0.2) is 0 Å². The van der Waals surface area contributed by atoms with Crippen molar-refractivity contribution in [2.45, 2.75) is 77.2 Å². The van der Waals surface area contributed by atoms with E-state index in [1.807, 2.05) is 0 Å². The van der Waals surface area contributed by atoms with Gasteiger partial charge in [0.1, 0.15) is 6.61 Å². The third kappa shape index (κ3) is 20.5. The van der Waals surface area contributed by atoms with Gasteiger partial charge in [-0.25, -0.2) is 0 Å². The minimum absolute atomic E-state index is 0.0830. The number of hydrogen-bond acceptors (Lipinski definition) is 4. The molecule has 3 N–H and O–H groups in total. The number of aliphatic hydroxyl groups excluding tert-OH is 1. The van der Waals surface area contributed by atoms with Crippen LogP contribution in [0.2, 0.25) is 0 Å². The molecule has 0 saturated heterocycles. The molecule has 27 heavy (non-hydrogen) atoms. The SMILES string of the molecule is CCCCC/C=C/C/C=C/C/C=C\C/C=C\CCCC(=O)OC[C@H](N)CO. The van der Waals surface area contributed by atoms with Crippen molar-refractivity contribution >= 4 is 5.97 Å². The Bertz CT molecular complexity index is 453. The van der Waals surface area contributed by atoms with E-state index in [1.54, 1.807) is 0 Å². The molecule has 0 rings (SSSR count). The minimum Gasteiger partial charge on any atom is -0.464 e. The lowest BCUT2D eigenvalue weighted by Gasteiger charge is -2.08. The molecular formula is C23H39NO3. The summed E-state index contributed by atoms with van der Waals surface area (Å²) in [5, 5.41) is 8.74. The number of ether oxygens (including phenoxy) is 1. The maximum absolute atomic E-state index is 11.4. The molecular weight excluding hydrogens is 338 g/mol. The first kappa shape index (κ1) is 25.4. The second-order valence-electron chi connectivity index (χ2n) is 6.61. The van der Waals surface area contributed by atoms with E-state index in [4.69, 9.17) is 15.6 Å². The van der Waals surface area contributed by atoms with Gasteiger partial charge in [0.25, 0.3) is 0 Å². The van der Waals surface area contributed by atoms with Crippen molar-refractivity contribution in [3.63, 3.8) is 0 Å². The van der Waals surface area contributed by atoms with Crippen LogP contribution >= 0.6 is 0 Å². The summed E-state index contributed by atoms with van der Waals surface area (Å²) in [5.74, 6) is -0.255. The zero-order valence-corrected chi connectivity index (χ0v) is 17.0. The van der Waals surface area contributed by atoms with Crippen LogP contribution in [-0.2, 0) is 9.53 Å². The van der Waals surface area contributed by atoms with Crippen LogP contribution in [0.25, 0.3) is 0 Å². The van der Waals surface area contributed by atoms with Gasteiger partial charge in [-0.1, -0.05) is 68.4 Å². The van der Waals surface area contributed by atoms with Gasteiger partial charge in [-0.05, 0) is 44.9 Å². The molecule has 0 radical (unpaired) electrons. The molecule has 0 unspecified atom stereocenters. The van der Waals surface area contributed by atoms with E-state index in [2.05, 4.69) is 55.5 Å². The molecule has 0 aliphatic rings. The largest absolute Gasteiger partial charge is 0.464 e. The van der Waals surface area contributed by atoms with Gasteiger partial charge in [-0.15, -0.1) is 0 Å². The molecule has 4 nitrogen and oxygen atoms in total. The van der Waals surface area contributed by atoms with Gasteiger partial charge in [0.2, 0.25) is 0 Å². The summed E-state index contributed by atoms with van der Waals surface area (Å²) < 4.78 is 4.95. The summed E-state index contributed by atoms with van der Waals surface area (Å²) in [6.07, 6.45) is 27.5.